The highest BCUT2D eigenvalue weighted by atomic mass is 32.1. The predicted molar refractivity (Wildman–Crippen MR) is 498 cm³/mol. The third-order valence-corrected chi connectivity index (χ3v) is 31.2. The molecule has 694 valence electrons. The summed E-state index contributed by atoms with van der Waals surface area (Å²) in [6.07, 6.45) is 14.6. The Kier molecular flexibility index (Phi) is 25.9. The van der Waals surface area contributed by atoms with Crippen molar-refractivity contribution in [3.63, 3.8) is 0 Å². The number of carbonyl (C=O) groups is 3. The molecule has 1 amide bonds. The first-order chi connectivity index (χ1) is 63.3. The molecule has 7 atom stereocenters. The highest BCUT2D eigenvalue weighted by Crippen LogP contribution is 2.50. The molecule has 2 N–H and O–H groups in total. The number of rotatable bonds is 27. The number of benzene rings is 4. The second-order valence-electron chi connectivity index (χ2n) is 36.3. The van der Waals surface area contributed by atoms with Gasteiger partial charge in [-0.2, -0.15) is 0 Å². The van der Waals surface area contributed by atoms with Crippen LogP contribution < -0.4 is 48.0 Å². The second kappa shape index (κ2) is 37.2. The van der Waals surface area contributed by atoms with Crippen LogP contribution in [0.4, 0.5) is 0 Å². The van der Waals surface area contributed by atoms with Crippen LogP contribution in [0.3, 0.4) is 0 Å². The number of hydrogen-bond acceptors (Lipinski definition) is 26. The van der Waals surface area contributed by atoms with Gasteiger partial charge < -0.3 is 66.4 Å². The molecule has 3 aliphatic carbocycles. The number of aliphatic carboxylic acids is 2. The van der Waals surface area contributed by atoms with E-state index in [0.717, 1.165) is 95.8 Å². The van der Waals surface area contributed by atoms with Gasteiger partial charge in [-0.15, -0.1) is 34.0 Å². The second-order valence-corrected chi connectivity index (χ2v) is 39.3. The van der Waals surface area contributed by atoms with Crippen molar-refractivity contribution >= 4 is 82.5 Å². The Hall–Kier alpha value is -12.0. The van der Waals surface area contributed by atoms with Crippen molar-refractivity contribution in [1.82, 2.24) is 52.2 Å². The van der Waals surface area contributed by atoms with Crippen LogP contribution in [0.1, 0.15) is 150 Å². The van der Waals surface area contributed by atoms with Gasteiger partial charge in [0, 0.05) is 74.8 Å². The van der Waals surface area contributed by atoms with Crippen molar-refractivity contribution in [2.75, 3.05) is 67.8 Å². The molecule has 3 aliphatic heterocycles. The first-order valence-corrected chi connectivity index (χ1v) is 46.8. The largest absolute Gasteiger partial charge is 0.496 e. The average Bonchev–Trinajstić information content (AvgIpc) is 1.51. The quantitative estimate of drug-likeness (QED) is 0.0483. The molecular weight excluding hydrogens is 1750 g/mol. The highest BCUT2D eigenvalue weighted by Gasteiger charge is 2.48. The molecule has 9 aromatic heterocycles. The monoisotopic (exact) mass is 1860 g/mol. The molecule has 35 heteroatoms. The van der Waals surface area contributed by atoms with Gasteiger partial charge in [0.05, 0.1) is 114 Å². The summed E-state index contributed by atoms with van der Waals surface area (Å²) in [5.74, 6) is 1.30. The Morgan fingerprint density at radius 2 is 0.871 bits per heavy atom. The minimum atomic E-state index is -1.85. The van der Waals surface area contributed by atoms with E-state index in [9.17, 15) is 53.4 Å². The van der Waals surface area contributed by atoms with Crippen LogP contribution in [-0.2, 0) is 69.5 Å². The van der Waals surface area contributed by atoms with Crippen LogP contribution >= 0.6 is 34.0 Å². The van der Waals surface area contributed by atoms with Gasteiger partial charge in [0.15, 0.2) is 0 Å². The minimum absolute atomic E-state index is 0.00776. The number of likely N-dealkylation sites (tertiary alicyclic amines) is 2. The molecule has 3 saturated heterocycles. The molecule has 32 nitrogen and oxygen atoms in total. The maximum Gasteiger partial charge on any atom is 0.336 e. The number of thiophene rings is 3. The number of methoxy groups -OCH3 is 3. The number of para-hydroxylation sites is 3. The van der Waals surface area contributed by atoms with Crippen LogP contribution in [0, 0.1) is 44.4 Å². The normalized spacial score (nSPS) is 19.7. The van der Waals surface area contributed by atoms with E-state index in [4.69, 9.17) is 46.4 Å². The minimum Gasteiger partial charge on any atom is -0.496 e. The number of piperidine rings is 2. The van der Waals surface area contributed by atoms with E-state index in [1.807, 2.05) is 103 Å². The molecule has 6 aliphatic rings. The molecule has 19 rings (SSSR count). The molecule has 4 aromatic carbocycles. The zero-order valence-electron chi connectivity index (χ0n) is 75.8. The van der Waals surface area contributed by atoms with Gasteiger partial charge in [0.1, 0.15) is 79.9 Å². The first-order valence-electron chi connectivity index (χ1n) is 44.4. The average molecular weight is 1860 g/mol. The van der Waals surface area contributed by atoms with Gasteiger partial charge in [0.25, 0.3) is 16.7 Å². The molecule has 3 saturated carbocycles. The van der Waals surface area contributed by atoms with Gasteiger partial charge in [-0.05, 0) is 177 Å². The van der Waals surface area contributed by atoms with Crippen molar-refractivity contribution in [1.29, 1.82) is 0 Å². The van der Waals surface area contributed by atoms with Crippen LogP contribution in [0.15, 0.2) is 176 Å². The van der Waals surface area contributed by atoms with Gasteiger partial charge in [-0.1, -0.05) is 73.7 Å². The Bertz CT molecular complexity index is 6870. The maximum absolute atomic E-state index is 14.6. The van der Waals surface area contributed by atoms with Gasteiger partial charge >= 0.3 is 29.0 Å². The summed E-state index contributed by atoms with van der Waals surface area (Å²) in [5.41, 5.74) is -1.36. The van der Waals surface area contributed by atoms with Gasteiger partial charge in [-0.3, -0.25) is 32.9 Å². The van der Waals surface area contributed by atoms with Crippen molar-refractivity contribution in [2.45, 2.75) is 186 Å². The number of oxazole rings is 3. The third kappa shape index (κ3) is 17.2. The molecule has 0 radical (unpaired) electrons. The summed E-state index contributed by atoms with van der Waals surface area (Å²) < 4.78 is 67.8. The summed E-state index contributed by atoms with van der Waals surface area (Å²) in [6.45, 7) is 19.1. The van der Waals surface area contributed by atoms with E-state index in [0.29, 0.717) is 130 Å². The zero-order valence-corrected chi connectivity index (χ0v) is 78.2. The molecule has 4 bridgehead atoms. The number of carboxylic acids is 2. The lowest BCUT2D eigenvalue weighted by Gasteiger charge is -2.39. The maximum atomic E-state index is 14.6. The SMILES string of the molecule is COc1ccccc1C(Cn1c(=O)n(C(C)(C)C(=O)O)c(=O)c2c(C)c(-c3ncco3)sc21)OC1C2CCC1CN(C(C)=O)C2.COc1ccccc1C(Cn1c(=O)n(C(C)(C)C(=O)O)c(=O)c2c(C)c(-c3ncco3)sc21)OC1C2CCC1CN(C)C2.COc1ccccc1[C@H](Cn1c(=O)n(-c2cccc(C3(C)CC3)c2)c(=O)c2c(C)c(-c3ncco3)sc21)OC1CCOCC1. The fraction of sp³-hybridized carbons (Fsp3) is 0.443. The van der Waals surface area contributed by atoms with Crippen LogP contribution in [0.25, 0.3) is 68.6 Å². The third-order valence-electron chi connectivity index (χ3n) is 27.3. The number of carbonyl (C=O) groups excluding carboxylic acids is 1. The predicted octanol–water partition coefficient (Wildman–Crippen LogP) is 14.3. The van der Waals surface area contributed by atoms with E-state index < -0.39 is 69.5 Å². The summed E-state index contributed by atoms with van der Waals surface area (Å²) >= 11 is 3.75. The first kappa shape index (κ1) is 91.9. The van der Waals surface area contributed by atoms with E-state index >= 15 is 0 Å². The van der Waals surface area contributed by atoms with Gasteiger partial charge in [0.2, 0.25) is 23.6 Å². The molecule has 13 aromatic rings. The lowest BCUT2D eigenvalue weighted by atomic mass is 9.94. The standard InChI is InChI=1S/C34H35N3O6S.C32H36N4O8S.C31H36N4O7S/c1-21-28-31(38)37(23-8-6-7-22(19-23)34(2)13-14-34)33(39)36(32(28)44-29(21)30-35-15-18-42-30)20-27(43-24-11-16-41-17-12-24)25-9-4-5-10-26(25)40-3;1-17-24-28(38)36(32(3,4)30(39)40)31(41)35(29(24)45-26(17)27-33-12-13-43-27)16-23(21-8-6-7-9-22(21)42-5)44-25-19-10-11-20(25)15-34(14-19)18(2)37;1-17-23-27(36)35(31(2,3)29(37)38)30(39)34(28(23)43-25(17)26-32-12-13-41-26)16-22(20-8-6-7-9-21(20)40-5)42-24-18-10-11-19(24)15-33(4)14-18/h4-10,15,18-19,24,27H,11-14,16-17,20H2,1-3H3;6-9,12-13,19-20,23,25H,10-11,14-16H2,1-5H3,(H,39,40);6-9,12-13,18-19,22,24H,10-11,14-16H2,1-5H3,(H,37,38)/t27-;;/m0../s1. The summed E-state index contributed by atoms with van der Waals surface area (Å²) in [6, 6.07) is 30.5. The Morgan fingerprint density at radius 3 is 1.23 bits per heavy atom. The van der Waals surface area contributed by atoms with Crippen molar-refractivity contribution in [3.05, 3.63) is 236 Å². The van der Waals surface area contributed by atoms with Crippen LogP contribution in [0.2, 0.25) is 0 Å². The lowest BCUT2D eigenvalue weighted by molar-refractivity contribution is -0.146. The highest BCUT2D eigenvalue weighted by molar-refractivity contribution is 7.22. The number of amides is 1. The summed E-state index contributed by atoms with van der Waals surface area (Å²) in [5, 5.41) is 21.1. The van der Waals surface area contributed by atoms with Crippen LogP contribution in [-0.4, -0.2) is 166 Å². The van der Waals surface area contributed by atoms with E-state index in [-0.39, 0.29) is 77.4 Å². The van der Waals surface area contributed by atoms with Gasteiger partial charge in [-0.25, -0.2) is 52.6 Å². The fourth-order valence-corrected chi connectivity index (χ4v) is 23.4. The molecule has 6 unspecified atom stereocenters. The number of nitrogens with zero attached hydrogens (tertiary/aromatic N) is 11. The van der Waals surface area contributed by atoms with E-state index in [1.54, 1.807) is 52.9 Å². The Balaban J connectivity index is 0.000000138. The Labute approximate surface area is 770 Å². The number of hydrogen-bond donors (Lipinski definition) is 2. The summed E-state index contributed by atoms with van der Waals surface area (Å²) in [4.78, 5) is 143. The smallest absolute Gasteiger partial charge is 0.336 e. The topological polar surface area (TPSA) is 373 Å². The number of aromatic nitrogens is 9. The number of fused-ring (bicyclic) bond motifs is 7. The van der Waals surface area contributed by atoms with E-state index in [1.165, 1.54) is 107 Å². The van der Waals surface area contributed by atoms with Crippen molar-refractivity contribution < 1.29 is 71.0 Å². The summed E-state index contributed by atoms with van der Waals surface area (Å²) in [7, 11) is 6.93. The molecule has 6 fully saturated rings. The molecule has 12 heterocycles. The molecule has 0 spiro atoms. The molecular formula is C97H107N11O21S3. The molecule has 132 heavy (non-hydrogen) atoms. The van der Waals surface area contributed by atoms with E-state index in [2.05, 4.69) is 39.9 Å². The number of carboxylic acid groups (broad SMARTS) is 2. The Morgan fingerprint density at radius 1 is 0.500 bits per heavy atom. The fourth-order valence-electron chi connectivity index (χ4n) is 19.7. The number of aryl methyl sites for hydroxylation is 3. The zero-order chi connectivity index (χ0) is 93.3. The lowest BCUT2D eigenvalue weighted by Crippen LogP contribution is -2.53. The van der Waals surface area contributed by atoms with Crippen molar-refractivity contribution in [3.8, 4) is 55.2 Å². The van der Waals surface area contributed by atoms with Crippen molar-refractivity contribution in [2.24, 2.45) is 23.7 Å². The van der Waals surface area contributed by atoms with Crippen LogP contribution in [0.5, 0.6) is 17.2 Å². The number of ether oxygens (including phenoxy) is 7.